The van der Waals surface area contributed by atoms with Crippen LogP contribution < -0.4 is 9.80 Å². The van der Waals surface area contributed by atoms with Crippen molar-refractivity contribution >= 4 is 38.3 Å². The van der Waals surface area contributed by atoms with E-state index in [2.05, 4.69) is 4.98 Å². The molecule has 8 nitrogen and oxygen atoms in total. The summed E-state index contributed by atoms with van der Waals surface area (Å²) in [7, 11) is -2.99. The van der Waals surface area contributed by atoms with Gasteiger partial charge in [0.2, 0.25) is 0 Å². The maximum Gasteiger partial charge on any atom is 0.330 e. The molecule has 1 aliphatic heterocycles. The van der Waals surface area contributed by atoms with Gasteiger partial charge >= 0.3 is 16.1 Å². The molecule has 0 spiro atoms. The molecule has 3 aromatic rings. The van der Waals surface area contributed by atoms with Crippen molar-refractivity contribution in [2.75, 3.05) is 30.0 Å². The Hall–Kier alpha value is -2.93. The van der Waals surface area contributed by atoms with E-state index in [1.54, 1.807) is 24.3 Å². The first kappa shape index (κ1) is 23.2. The first-order valence-electron chi connectivity index (χ1n) is 9.70. The quantitative estimate of drug-likeness (QED) is 0.535. The van der Waals surface area contributed by atoms with Crippen molar-refractivity contribution in [1.29, 1.82) is 0 Å². The van der Waals surface area contributed by atoms with Gasteiger partial charge in [-0.3, -0.25) is 14.4 Å². The van der Waals surface area contributed by atoms with E-state index >= 15 is 0 Å². The highest BCUT2D eigenvalue weighted by Gasteiger charge is 2.36. The zero-order valence-electron chi connectivity index (χ0n) is 17.5. The van der Waals surface area contributed by atoms with Gasteiger partial charge in [-0.05, 0) is 42.8 Å². The number of thiazole rings is 1. The number of urea groups is 1. The Labute approximate surface area is 192 Å². The number of anilines is 2. The standard InChI is InChI=1S/C21H19F2N3O5S2/c1-12-19(33(28,29)30)32-20(24-12)26-11-16(31-2)10-25(21(26)27)15-6-3-13(4-7-15)17-9-14(22)5-8-18(17)23/h3-9,16H,10-11H2,1-2H3,(H,28,29,30). The number of methoxy groups -OCH3 is 1. The lowest BCUT2D eigenvalue weighted by atomic mass is 10.0. The average molecular weight is 496 g/mol. The van der Waals surface area contributed by atoms with Gasteiger partial charge in [-0.15, -0.1) is 0 Å². The number of aromatic nitrogens is 1. The molecule has 2 amide bonds. The van der Waals surface area contributed by atoms with Crippen LogP contribution in [0, 0.1) is 18.6 Å². The average Bonchev–Trinajstić information content (AvgIpc) is 3.18. The van der Waals surface area contributed by atoms with Crippen molar-refractivity contribution < 1.29 is 31.3 Å². The fourth-order valence-electron chi connectivity index (χ4n) is 3.55. The van der Waals surface area contributed by atoms with Crippen molar-refractivity contribution in [3.05, 3.63) is 59.8 Å². The van der Waals surface area contributed by atoms with Crippen LogP contribution in [0.3, 0.4) is 0 Å². The molecule has 0 bridgehead atoms. The third-order valence-corrected chi connectivity index (χ3v) is 7.81. The fraction of sp³-hybridized carbons (Fsp3) is 0.238. The van der Waals surface area contributed by atoms with E-state index in [1.165, 1.54) is 23.8 Å². The molecule has 1 fully saturated rings. The fourth-order valence-corrected chi connectivity index (χ4v) is 5.42. The number of hydrogen-bond acceptors (Lipinski definition) is 6. The van der Waals surface area contributed by atoms with Gasteiger partial charge in [0.1, 0.15) is 11.6 Å². The van der Waals surface area contributed by atoms with Crippen LogP contribution in [0.5, 0.6) is 0 Å². The number of aryl methyl sites for hydroxylation is 1. The molecule has 33 heavy (non-hydrogen) atoms. The zero-order valence-corrected chi connectivity index (χ0v) is 19.2. The van der Waals surface area contributed by atoms with E-state index < -0.39 is 33.9 Å². The summed E-state index contributed by atoms with van der Waals surface area (Å²) in [5.74, 6) is -1.14. The van der Waals surface area contributed by atoms with Crippen LogP contribution in [-0.4, -0.2) is 50.3 Å². The number of amides is 2. The van der Waals surface area contributed by atoms with Gasteiger partial charge in [0.15, 0.2) is 9.34 Å². The lowest BCUT2D eigenvalue weighted by molar-refractivity contribution is 0.107. The zero-order chi connectivity index (χ0) is 23.9. The highest BCUT2D eigenvalue weighted by Crippen LogP contribution is 2.34. The molecular formula is C21H19F2N3O5S2. The Morgan fingerprint density at radius 3 is 2.39 bits per heavy atom. The van der Waals surface area contributed by atoms with Crippen LogP contribution in [0.4, 0.5) is 24.4 Å². The molecular weight excluding hydrogens is 476 g/mol. The summed E-state index contributed by atoms with van der Waals surface area (Å²) < 4.78 is 65.3. The largest absolute Gasteiger partial charge is 0.378 e. The maximum absolute atomic E-state index is 14.1. The van der Waals surface area contributed by atoms with Crippen LogP contribution in [0.2, 0.25) is 0 Å². The second-order valence-corrected chi connectivity index (χ2v) is 9.97. The topological polar surface area (TPSA) is 100 Å². The van der Waals surface area contributed by atoms with E-state index in [4.69, 9.17) is 4.74 Å². The van der Waals surface area contributed by atoms with E-state index in [0.717, 1.165) is 18.2 Å². The maximum atomic E-state index is 14.1. The number of rotatable bonds is 5. The van der Waals surface area contributed by atoms with E-state index in [9.17, 15) is 26.5 Å². The van der Waals surface area contributed by atoms with Crippen LogP contribution >= 0.6 is 11.3 Å². The predicted molar refractivity (Wildman–Crippen MR) is 119 cm³/mol. The number of carbonyl (C=O) groups excluding carboxylic acids is 1. The second-order valence-electron chi connectivity index (χ2n) is 7.38. The number of hydrogen-bond donors (Lipinski definition) is 1. The van der Waals surface area contributed by atoms with Gasteiger partial charge in [-0.2, -0.15) is 8.42 Å². The smallest absolute Gasteiger partial charge is 0.330 e. The SMILES string of the molecule is COC1CN(c2ccc(-c3cc(F)ccc3F)cc2)C(=O)N(c2nc(C)c(S(=O)(=O)O)s2)C1. The van der Waals surface area contributed by atoms with Crippen molar-refractivity contribution in [2.45, 2.75) is 17.2 Å². The Kier molecular flexibility index (Phi) is 6.18. The van der Waals surface area contributed by atoms with Crippen LogP contribution in [0.25, 0.3) is 11.1 Å². The van der Waals surface area contributed by atoms with Crippen molar-refractivity contribution in [2.24, 2.45) is 0 Å². The van der Waals surface area contributed by atoms with Crippen molar-refractivity contribution in [3.8, 4) is 11.1 Å². The molecule has 2 heterocycles. The summed E-state index contributed by atoms with van der Waals surface area (Å²) in [5, 5.41) is 0.107. The molecule has 0 saturated carbocycles. The molecule has 4 rings (SSSR count). The molecule has 0 radical (unpaired) electrons. The highest BCUT2D eigenvalue weighted by molar-refractivity contribution is 7.88. The lowest BCUT2D eigenvalue weighted by Crippen LogP contribution is -2.56. The summed E-state index contributed by atoms with van der Waals surface area (Å²) in [4.78, 5) is 20.1. The molecule has 1 unspecified atom stereocenters. The monoisotopic (exact) mass is 495 g/mol. The van der Waals surface area contributed by atoms with Gasteiger partial charge in [0.25, 0.3) is 0 Å². The van der Waals surface area contributed by atoms with Crippen LogP contribution in [0.1, 0.15) is 5.69 Å². The molecule has 1 saturated heterocycles. The minimum absolute atomic E-state index is 0.0814. The number of ether oxygens (including phenoxy) is 1. The predicted octanol–water partition coefficient (Wildman–Crippen LogP) is 4.11. The van der Waals surface area contributed by atoms with Gasteiger partial charge < -0.3 is 4.74 Å². The van der Waals surface area contributed by atoms with Crippen molar-refractivity contribution in [1.82, 2.24) is 4.98 Å². The summed E-state index contributed by atoms with van der Waals surface area (Å²) >= 11 is 0.686. The van der Waals surface area contributed by atoms with E-state index in [1.807, 2.05) is 0 Å². The normalized spacial score (nSPS) is 17.0. The third-order valence-electron chi connectivity index (χ3n) is 5.19. The minimum Gasteiger partial charge on any atom is -0.378 e. The van der Waals surface area contributed by atoms with E-state index in [0.29, 0.717) is 22.6 Å². The molecule has 2 aromatic carbocycles. The van der Waals surface area contributed by atoms with Crippen molar-refractivity contribution in [3.63, 3.8) is 0 Å². The lowest BCUT2D eigenvalue weighted by Gasteiger charge is -2.38. The summed E-state index contributed by atoms with van der Waals surface area (Å²) in [6, 6.07) is 9.06. The second kappa shape index (κ2) is 8.78. The van der Waals surface area contributed by atoms with Gasteiger partial charge in [0, 0.05) is 18.4 Å². The Morgan fingerprint density at radius 2 is 1.79 bits per heavy atom. The summed E-state index contributed by atoms with van der Waals surface area (Å²) in [6.07, 6.45) is -0.415. The van der Waals surface area contributed by atoms with E-state index in [-0.39, 0.29) is 33.7 Å². The summed E-state index contributed by atoms with van der Waals surface area (Å²) in [6.45, 7) is 1.78. The summed E-state index contributed by atoms with van der Waals surface area (Å²) in [5.41, 5.74) is 1.10. The highest BCUT2D eigenvalue weighted by atomic mass is 32.3. The number of carbonyl (C=O) groups is 1. The molecule has 0 aliphatic carbocycles. The number of nitrogens with zero attached hydrogens (tertiary/aromatic N) is 3. The van der Waals surface area contributed by atoms with Gasteiger partial charge in [0.05, 0.1) is 24.9 Å². The molecule has 1 N–H and O–H groups in total. The first-order chi connectivity index (χ1) is 15.6. The van der Waals surface area contributed by atoms with Gasteiger partial charge in [-0.25, -0.2) is 18.6 Å². The van der Waals surface area contributed by atoms with Gasteiger partial charge in [-0.1, -0.05) is 23.5 Å². The molecule has 1 aromatic heterocycles. The first-order valence-corrected chi connectivity index (χ1v) is 12.0. The Bertz CT molecular complexity index is 1310. The Balaban J connectivity index is 1.66. The third kappa shape index (κ3) is 4.60. The molecule has 174 valence electrons. The molecule has 1 aliphatic rings. The van der Waals surface area contributed by atoms with Crippen LogP contribution in [-0.2, 0) is 14.9 Å². The van der Waals surface area contributed by atoms with Crippen LogP contribution in [0.15, 0.2) is 46.7 Å². The molecule has 12 heteroatoms. The molecule has 1 atom stereocenters. The number of benzene rings is 2. The minimum atomic E-state index is -4.48. The number of halogens is 2. The Morgan fingerprint density at radius 1 is 1.12 bits per heavy atom.